The first-order valence-electron chi connectivity index (χ1n) is 7.00. The van der Waals surface area contributed by atoms with Crippen molar-refractivity contribution in [2.24, 2.45) is 10.8 Å². The number of hydrazine groups is 1. The van der Waals surface area contributed by atoms with Gasteiger partial charge in [0.1, 0.15) is 11.6 Å². The van der Waals surface area contributed by atoms with Crippen molar-refractivity contribution in [1.82, 2.24) is 5.43 Å². The lowest BCUT2D eigenvalue weighted by molar-refractivity contribution is 0.327. The Kier molecular flexibility index (Phi) is 5.21. The zero-order chi connectivity index (χ0) is 13.5. The third-order valence-corrected chi connectivity index (χ3v) is 3.43. The van der Waals surface area contributed by atoms with Crippen LogP contribution in [0.2, 0.25) is 0 Å². The molecule has 104 valence electrons. The second-order valence-corrected chi connectivity index (χ2v) is 5.07. The Morgan fingerprint density at radius 1 is 1.42 bits per heavy atom. The highest BCUT2D eigenvalue weighted by Crippen LogP contribution is 2.21. The van der Waals surface area contributed by atoms with Gasteiger partial charge in [0.05, 0.1) is 12.6 Å². The number of nitrogens with one attached hydrogen (secondary N) is 1. The molecule has 1 fully saturated rings. The van der Waals surface area contributed by atoms with Crippen molar-refractivity contribution in [3.8, 4) is 5.75 Å². The molecule has 0 bridgehead atoms. The summed E-state index contributed by atoms with van der Waals surface area (Å²) in [7, 11) is 0. The summed E-state index contributed by atoms with van der Waals surface area (Å²) in [6.45, 7) is 2.65. The number of amidine groups is 1. The Hall–Kier alpha value is -1.55. The summed E-state index contributed by atoms with van der Waals surface area (Å²) in [6, 6.07) is 8.51. The summed E-state index contributed by atoms with van der Waals surface area (Å²) in [5.41, 5.74) is 3.90. The van der Waals surface area contributed by atoms with Crippen LogP contribution in [0.4, 0.5) is 0 Å². The molecule has 0 aliphatic heterocycles. The number of aryl methyl sites for hydroxylation is 1. The standard InChI is InChI=1S/C15H23N3O/c1-12-5-4-8-14(11-12)19-10-9-15(18-16)17-13-6-2-3-7-13/h4-5,8,11,13H,2-3,6-7,9-10,16H2,1H3,(H,17,18). The third-order valence-electron chi connectivity index (χ3n) is 3.43. The van der Waals surface area contributed by atoms with Crippen LogP contribution in [0.25, 0.3) is 0 Å². The van der Waals surface area contributed by atoms with Crippen LogP contribution in [0, 0.1) is 6.92 Å². The topological polar surface area (TPSA) is 59.6 Å². The Balaban J connectivity index is 1.79. The molecule has 1 aliphatic carbocycles. The monoisotopic (exact) mass is 261 g/mol. The molecule has 4 heteroatoms. The van der Waals surface area contributed by atoms with Crippen molar-refractivity contribution >= 4 is 5.84 Å². The van der Waals surface area contributed by atoms with Gasteiger partial charge in [-0.2, -0.15) is 0 Å². The molecule has 0 spiro atoms. The maximum atomic E-state index is 5.71. The molecular formula is C15H23N3O. The first kappa shape index (κ1) is 13.9. The average Bonchev–Trinajstić information content (AvgIpc) is 2.90. The second-order valence-electron chi connectivity index (χ2n) is 5.07. The van der Waals surface area contributed by atoms with E-state index in [4.69, 9.17) is 10.6 Å². The Labute approximate surface area is 115 Å². The molecule has 1 saturated carbocycles. The highest BCUT2D eigenvalue weighted by Gasteiger charge is 2.14. The van der Waals surface area contributed by atoms with Crippen LogP contribution in [0.3, 0.4) is 0 Å². The molecule has 0 heterocycles. The Morgan fingerprint density at radius 2 is 2.21 bits per heavy atom. The summed E-state index contributed by atoms with van der Waals surface area (Å²) < 4.78 is 5.71. The molecule has 1 aliphatic rings. The lowest BCUT2D eigenvalue weighted by Crippen LogP contribution is -2.32. The molecule has 0 atom stereocenters. The van der Waals surface area contributed by atoms with Crippen LogP contribution in [-0.4, -0.2) is 18.5 Å². The molecule has 1 aromatic rings. The van der Waals surface area contributed by atoms with Crippen LogP contribution in [0.5, 0.6) is 5.75 Å². The maximum absolute atomic E-state index is 5.71. The molecule has 3 N–H and O–H groups in total. The van der Waals surface area contributed by atoms with Gasteiger partial charge in [0.25, 0.3) is 0 Å². The fraction of sp³-hybridized carbons (Fsp3) is 0.533. The molecule has 0 radical (unpaired) electrons. The van der Waals surface area contributed by atoms with E-state index >= 15 is 0 Å². The molecule has 19 heavy (non-hydrogen) atoms. The van der Waals surface area contributed by atoms with Gasteiger partial charge in [-0.3, -0.25) is 4.99 Å². The molecule has 4 nitrogen and oxygen atoms in total. The molecule has 0 aromatic heterocycles. The minimum absolute atomic E-state index is 0.449. The Morgan fingerprint density at radius 3 is 2.89 bits per heavy atom. The van der Waals surface area contributed by atoms with Gasteiger partial charge in [-0.25, -0.2) is 5.84 Å². The fourth-order valence-electron chi connectivity index (χ4n) is 2.40. The van der Waals surface area contributed by atoms with Crippen LogP contribution >= 0.6 is 0 Å². The quantitative estimate of drug-likeness (QED) is 0.371. The van der Waals surface area contributed by atoms with Crippen molar-refractivity contribution in [2.75, 3.05) is 6.61 Å². The van der Waals surface area contributed by atoms with Crippen LogP contribution < -0.4 is 16.0 Å². The minimum Gasteiger partial charge on any atom is -0.493 e. The van der Waals surface area contributed by atoms with Crippen LogP contribution in [0.15, 0.2) is 29.3 Å². The molecule has 0 amide bonds. The van der Waals surface area contributed by atoms with E-state index in [0.29, 0.717) is 12.6 Å². The number of nitrogens with two attached hydrogens (primary N) is 1. The van der Waals surface area contributed by atoms with Gasteiger partial charge in [-0.1, -0.05) is 25.0 Å². The first-order valence-corrected chi connectivity index (χ1v) is 7.00. The van der Waals surface area contributed by atoms with Gasteiger partial charge >= 0.3 is 0 Å². The predicted octanol–water partition coefficient (Wildman–Crippen LogP) is 2.57. The average molecular weight is 261 g/mol. The second kappa shape index (κ2) is 7.14. The lowest BCUT2D eigenvalue weighted by Gasteiger charge is -2.11. The van der Waals surface area contributed by atoms with E-state index in [0.717, 1.165) is 18.0 Å². The van der Waals surface area contributed by atoms with Crippen molar-refractivity contribution in [2.45, 2.75) is 45.1 Å². The van der Waals surface area contributed by atoms with E-state index in [2.05, 4.69) is 23.4 Å². The van der Waals surface area contributed by atoms with Crippen molar-refractivity contribution in [1.29, 1.82) is 0 Å². The fourth-order valence-corrected chi connectivity index (χ4v) is 2.40. The molecule has 0 unspecified atom stereocenters. The van der Waals surface area contributed by atoms with Gasteiger partial charge < -0.3 is 10.2 Å². The van der Waals surface area contributed by atoms with E-state index in [1.165, 1.54) is 31.2 Å². The number of rotatable bonds is 5. The molecular weight excluding hydrogens is 238 g/mol. The normalized spacial score (nSPS) is 16.6. The lowest BCUT2D eigenvalue weighted by atomic mass is 10.2. The maximum Gasteiger partial charge on any atom is 0.119 e. The number of hydrogen-bond acceptors (Lipinski definition) is 3. The van der Waals surface area contributed by atoms with Crippen LogP contribution in [-0.2, 0) is 0 Å². The SMILES string of the molecule is Cc1cccc(OCCC(=NC2CCCC2)NN)c1. The smallest absolute Gasteiger partial charge is 0.119 e. The number of ether oxygens (including phenoxy) is 1. The molecule has 0 saturated heterocycles. The van der Waals surface area contributed by atoms with Crippen molar-refractivity contribution in [3.63, 3.8) is 0 Å². The van der Waals surface area contributed by atoms with E-state index < -0.39 is 0 Å². The summed E-state index contributed by atoms with van der Waals surface area (Å²) in [4.78, 5) is 4.64. The largest absolute Gasteiger partial charge is 0.493 e. The number of aliphatic imine (C=N–C) groups is 1. The van der Waals surface area contributed by atoms with Gasteiger partial charge in [0.2, 0.25) is 0 Å². The third kappa shape index (κ3) is 4.56. The Bertz CT molecular complexity index is 425. The predicted molar refractivity (Wildman–Crippen MR) is 78.3 cm³/mol. The minimum atomic E-state index is 0.449. The zero-order valence-electron chi connectivity index (χ0n) is 11.6. The van der Waals surface area contributed by atoms with Crippen molar-refractivity contribution in [3.05, 3.63) is 29.8 Å². The zero-order valence-corrected chi connectivity index (χ0v) is 11.6. The van der Waals surface area contributed by atoms with E-state index in [-0.39, 0.29) is 0 Å². The highest BCUT2D eigenvalue weighted by atomic mass is 16.5. The molecule has 1 aromatic carbocycles. The number of nitrogens with zero attached hydrogens (tertiary/aromatic N) is 1. The summed E-state index contributed by atoms with van der Waals surface area (Å²) >= 11 is 0. The number of hydrogen-bond donors (Lipinski definition) is 2. The summed E-state index contributed by atoms with van der Waals surface area (Å²) in [5, 5.41) is 0. The van der Waals surface area contributed by atoms with Crippen molar-refractivity contribution < 1.29 is 4.74 Å². The van der Waals surface area contributed by atoms with E-state index in [1.807, 2.05) is 18.2 Å². The van der Waals surface area contributed by atoms with E-state index in [9.17, 15) is 0 Å². The molecule has 2 rings (SSSR count). The number of benzene rings is 1. The van der Waals surface area contributed by atoms with Gasteiger partial charge in [0, 0.05) is 6.42 Å². The van der Waals surface area contributed by atoms with Crippen LogP contribution in [0.1, 0.15) is 37.7 Å². The van der Waals surface area contributed by atoms with E-state index in [1.54, 1.807) is 0 Å². The first-order chi connectivity index (χ1) is 9.28. The summed E-state index contributed by atoms with van der Waals surface area (Å²) in [5.74, 6) is 7.27. The van der Waals surface area contributed by atoms with Gasteiger partial charge in [-0.15, -0.1) is 0 Å². The van der Waals surface area contributed by atoms with Gasteiger partial charge in [-0.05, 0) is 37.5 Å². The highest BCUT2D eigenvalue weighted by molar-refractivity contribution is 5.81. The van der Waals surface area contributed by atoms with Gasteiger partial charge in [0.15, 0.2) is 0 Å². The summed E-state index contributed by atoms with van der Waals surface area (Å²) in [6.07, 6.45) is 5.66.